The van der Waals surface area contributed by atoms with Crippen LogP contribution in [0.25, 0.3) is 0 Å². The minimum atomic E-state index is -0.543. The van der Waals surface area contributed by atoms with Crippen LogP contribution in [0, 0.1) is 0 Å². The highest BCUT2D eigenvalue weighted by Crippen LogP contribution is 2.29. The molecule has 16 heavy (non-hydrogen) atoms. The Hall–Kier alpha value is -0.800. The predicted octanol–water partition coefficient (Wildman–Crippen LogP) is 2.67. The lowest BCUT2D eigenvalue weighted by molar-refractivity contribution is -0.131. The van der Waals surface area contributed by atoms with Crippen molar-refractivity contribution in [2.75, 3.05) is 11.5 Å². The Labute approximate surface area is 100 Å². The normalized spacial score (nSPS) is 25.2. The number of thioether (sulfide) groups is 1. The van der Waals surface area contributed by atoms with Crippen LogP contribution in [0.3, 0.4) is 0 Å². The van der Waals surface area contributed by atoms with Crippen LogP contribution in [0.1, 0.15) is 18.4 Å². The molecule has 1 aliphatic heterocycles. The third-order valence-electron chi connectivity index (χ3n) is 2.82. The van der Waals surface area contributed by atoms with E-state index in [0.717, 1.165) is 36.2 Å². The molecule has 1 aromatic rings. The highest BCUT2D eigenvalue weighted by Gasteiger charge is 2.33. The number of benzene rings is 1. The minimum absolute atomic E-state index is 0.528. The fourth-order valence-corrected chi connectivity index (χ4v) is 2.97. The molecule has 1 heterocycles. The topological polar surface area (TPSA) is 26.3 Å². The molecule has 1 unspecified atom stereocenters. The second-order valence-corrected chi connectivity index (χ2v) is 5.22. The molecule has 0 amide bonds. The summed E-state index contributed by atoms with van der Waals surface area (Å²) in [5, 5.41) is 0. The summed E-state index contributed by atoms with van der Waals surface area (Å²) in [6, 6.07) is 10.0. The van der Waals surface area contributed by atoms with Crippen molar-refractivity contribution < 1.29 is 9.53 Å². The van der Waals surface area contributed by atoms with Gasteiger partial charge >= 0.3 is 0 Å². The minimum Gasteiger partial charge on any atom is -0.362 e. The molecule has 0 aromatic heterocycles. The van der Waals surface area contributed by atoms with Crippen molar-refractivity contribution in [3.8, 4) is 0 Å². The van der Waals surface area contributed by atoms with Gasteiger partial charge in [0.1, 0.15) is 5.60 Å². The first-order valence-corrected chi connectivity index (χ1v) is 6.72. The van der Waals surface area contributed by atoms with Crippen LogP contribution in [-0.2, 0) is 16.1 Å². The number of hydrogen-bond acceptors (Lipinski definition) is 3. The van der Waals surface area contributed by atoms with Gasteiger partial charge in [0.2, 0.25) is 0 Å². The fourth-order valence-electron chi connectivity index (χ4n) is 1.83. The molecule has 2 nitrogen and oxygen atoms in total. The van der Waals surface area contributed by atoms with E-state index in [4.69, 9.17) is 4.74 Å². The van der Waals surface area contributed by atoms with Crippen LogP contribution in [-0.4, -0.2) is 23.4 Å². The average Bonchev–Trinajstić information content (AvgIpc) is 2.39. The monoisotopic (exact) mass is 236 g/mol. The van der Waals surface area contributed by atoms with E-state index in [9.17, 15) is 4.79 Å². The summed E-state index contributed by atoms with van der Waals surface area (Å²) >= 11 is 1.81. The van der Waals surface area contributed by atoms with Gasteiger partial charge in [-0.1, -0.05) is 30.3 Å². The summed E-state index contributed by atoms with van der Waals surface area (Å²) in [5.74, 6) is 1.94. The summed E-state index contributed by atoms with van der Waals surface area (Å²) in [7, 11) is 0. The highest BCUT2D eigenvalue weighted by molar-refractivity contribution is 7.99. The average molecular weight is 236 g/mol. The predicted molar refractivity (Wildman–Crippen MR) is 66.6 cm³/mol. The van der Waals surface area contributed by atoms with Gasteiger partial charge in [-0.3, -0.25) is 0 Å². The molecule has 3 heteroatoms. The Bertz CT molecular complexity index is 331. The first-order chi connectivity index (χ1) is 7.85. The SMILES string of the molecule is O=CC1(OCc2ccccc2)CCCSC1. The highest BCUT2D eigenvalue weighted by atomic mass is 32.2. The molecule has 86 valence electrons. The van der Waals surface area contributed by atoms with Crippen molar-refractivity contribution in [3.63, 3.8) is 0 Å². The van der Waals surface area contributed by atoms with E-state index in [2.05, 4.69) is 0 Å². The van der Waals surface area contributed by atoms with Gasteiger partial charge in [0.15, 0.2) is 6.29 Å². The van der Waals surface area contributed by atoms with Crippen molar-refractivity contribution in [1.82, 2.24) is 0 Å². The van der Waals surface area contributed by atoms with Crippen molar-refractivity contribution in [1.29, 1.82) is 0 Å². The maximum absolute atomic E-state index is 11.2. The lowest BCUT2D eigenvalue weighted by Crippen LogP contribution is -2.39. The van der Waals surface area contributed by atoms with Crippen molar-refractivity contribution in [3.05, 3.63) is 35.9 Å². The molecule has 1 saturated heterocycles. The summed E-state index contributed by atoms with van der Waals surface area (Å²) in [5.41, 5.74) is 0.581. The summed E-state index contributed by atoms with van der Waals surface area (Å²) < 4.78 is 5.82. The van der Waals surface area contributed by atoms with Crippen LogP contribution >= 0.6 is 11.8 Å². The second kappa shape index (κ2) is 5.51. The zero-order valence-electron chi connectivity index (χ0n) is 9.22. The molecule has 1 atom stereocenters. The third-order valence-corrected chi connectivity index (χ3v) is 4.09. The number of carbonyl (C=O) groups excluding carboxylic acids is 1. The summed E-state index contributed by atoms with van der Waals surface area (Å²) in [4.78, 5) is 11.2. The summed E-state index contributed by atoms with van der Waals surface area (Å²) in [6.45, 7) is 0.528. The number of rotatable bonds is 4. The van der Waals surface area contributed by atoms with Gasteiger partial charge < -0.3 is 9.53 Å². The van der Waals surface area contributed by atoms with E-state index in [1.165, 1.54) is 0 Å². The third kappa shape index (κ3) is 2.86. The molecular formula is C13H16O2S. The number of ether oxygens (including phenoxy) is 1. The van der Waals surface area contributed by atoms with Crippen LogP contribution in [0.5, 0.6) is 0 Å². The van der Waals surface area contributed by atoms with Crippen LogP contribution in [0.2, 0.25) is 0 Å². The van der Waals surface area contributed by atoms with Crippen LogP contribution in [0.15, 0.2) is 30.3 Å². The Kier molecular flexibility index (Phi) is 4.02. The maximum Gasteiger partial charge on any atom is 0.152 e. The Morgan fingerprint density at radius 2 is 2.19 bits per heavy atom. The smallest absolute Gasteiger partial charge is 0.152 e. The lowest BCUT2D eigenvalue weighted by atomic mass is 10.0. The van der Waals surface area contributed by atoms with E-state index in [1.807, 2.05) is 30.3 Å². The molecule has 0 saturated carbocycles. The van der Waals surface area contributed by atoms with Crippen LogP contribution < -0.4 is 0 Å². The number of carbonyl (C=O) groups is 1. The van der Waals surface area contributed by atoms with Gasteiger partial charge in [-0.2, -0.15) is 11.8 Å². The molecular weight excluding hydrogens is 220 g/mol. The van der Waals surface area contributed by atoms with E-state index < -0.39 is 5.60 Å². The Morgan fingerprint density at radius 3 is 2.81 bits per heavy atom. The molecule has 0 radical (unpaired) electrons. The van der Waals surface area contributed by atoms with Gasteiger partial charge in [-0.15, -0.1) is 0 Å². The van der Waals surface area contributed by atoms with Gasteiger partial charge in [-0.05, 0) is 24.2 Å². The van der Waals surface area contributed by atoms with Crippen LogP contribution in [0.4, 0.5) is 0 Å². The molecule has 1 aromatic carbocycles. The zero-order chi connectivity index (χ0) is 11.3. The molecule has 0 N–H and O–H groups in total. The first-order valence-electron chi connectivity index (χ1n) is 5.57. The van der Waals surface area contributed by atoms with Crippen molar-refractivity contribution in [2.45, 2.75) is 25.0 Å². The Morgan fingerprint density at radius 1 is 1.38 bits per heavy atom. The number of aldehydes is 1. The quantitative estimate of drug-likeness (QED) is 0.752. The molecule has 2 rings (SSSR count). The fraction of sp³-hybridized carbons (Fsp3) is 0.462. The molecule has 1 aliphatic rings. The molecule has 0 bridgehead atoms. The largest absolute Gasteiger partial charge is 0.362 e. The second-order valence-electron chi connectivity index (χ2n) is 4.11. The van der Waals surface area contributed by atoms with Gasteiger partial charge in [0.05, 0.1) is 6.61 Å². The van der Waals surface area contributed by atoms with E-state index in [0.29, 0.717) is 6.61 Å². The Balaban J connectivity index is 1.94. The van der Waals surface area contributed by atoms with Gasteiger partial charge in [-0.25, -0.2) is 0 Å². The zero-order valence-corrected chi connectivity index (χ0v) is 10.0. The number of hydrogen-bond donors (Lipinski definition) is 0. The van der Waals surface area contributed by atoms with E-state index in [1.54, 1.807) is 11.8 Å². The maximum atomic E-state index is 11.2. The first kappa shape index (κ1) is 11.7. The standard InChI is InChI=1S/C13H16O2S/c14-10-13(7-4-8-16-11-13)15-9-12-5-2-1-3-6-12/h1-3,5-6,10H,4,7-9,11H2. The van der Waals surface area contributed by atoms with E-state index >= 15 is 0 Å². The van der Waals surface area contributed by atoms with E-state index in [-0.39, 0.29) is 0 Å². The van der Waals surface area contributed by atoms with Crippen molar-refractivity contribution >= 4 is 18.0 Å². The summed E-state index contributed by atoms with van der Waals surface area (Å²) in [6.07, 6.45) is 2.91. The molecule has 0 aliphatic carbocycles. The van der Waals surface area contributed by atoms with Gasteiger partial charge in [0.25, 0.3) is 0 Å². The molecule has 1 fully saturated rings. The molecule has 0 spiro atoms. The lowest BCUT2D eigenvalue weighted by Gasteiger charge is -2.31. The van der Waals surface area contributed by atoms with Gasteiger partial charge in [0, 0.05) is 5.75 Å². The van der Waals surface area contributed by atoms with Crippen molar-refractivity contribution in [2.24, 2.45) is 0 Å².